The molecule has 5 heteroatoms. The van der Waals surface area contributed by atoms with Crippen molar-refractivity contribution in [3.8, 4) is 0 Å². The Kier molecular flexibility index (Phi) is 5.86. The predicted octanol–water partition coefficient (Wildman–Crippen LogP) is 3.28. The quantitative estimate of drug-likeness (QED) is 0.804. The largest absolute Gasteiger partial charge is 0.352 e. The highest BCUT2D eigenvalue weighted by molar-refractivity contribution is 5.94. The van der Waals surface area contributed by atoms with Crippen molar-refractivity contribution in [3.63, 3.8) is 0 Å². The van der Waals surface area contributed by atoms with E-state index >= 15 is 0 Å². The van der Waals surface area contributed by atoms with Crippen molar-refractivity contribution in [1.82, 2.24) is 5.32 Å². The molecule has 120 valence electrons. The number of hydrogen-bond acceptors (Lipinski definition) is 2. The van der Waals surface area contributed by atoms with Crippen molar-refractivity contribution in [3.05, 3.63) is 65.5 Å². The zero-order chi connectivity index (χ0) is 16.7. The number of benzene rings is 2. The molecule has 0 aliphatic rings. The second-order valence-corrected chi connectivity index (χ2v) is 5.28. The summed E-state index contributed by atoms with van der Waals surface area (Å²) in [6.07, 6.45) is 0.816. The molecule has 2 aromatic rings. The van der Waals surface area contributed by atoms with E-state index < -0.39 is 0 Å². The fourth-order valence-corrected chi connectivity index (χ4v) is 2.01. The summed E-state index contributed by atoms with van der Waals surface area (Å²) in [6, 6.07) is 12.9. The van der Waals surface area contributed by atoms with Crippen molar-refractivity contribution >= 4 is 17.5 Å². The van der Waals surface area contributed by atoms with Gasteiger partial charge in [-0.3, -0.25) is 9.59 Å². The van der Waals surface area contributed by atoms with Crippen LogP contribution in [0.25, 0.3) is 0 Å². The van der Waals surface area contributed by atoms with E-state index in [4.69, 9.17) is 0 Å². The summed E-state index contributed by atoms with van der Waals surface area (Å²) in [6.45, 7) is 2.38. The Balaban J connectivity index is 1.68. The Bertz CT molecular complexity index is 666. The number of hydrogen-bond donors (Lipinski definition) is 2. The second kappa shape index (κ2) is 8.08. The van der Waals surface area contributed by atoms with Crippen molar-refractivity contribution in [2.24, 2.45) is 0 Å². The Morgan fingerprint density at radius 1 is 1.00 bits per heavy atom. The van der Waals surface area contributed by atoms with Crippen LogP contribution in [0.4, 0.5) is 10.1 Å². The van der Waals surface area contributed by atoms with Crippen LogP contribution in [0.3, 0.4) is 0 Å². The van der Waals surface area contributed by atoms with Gasteiger partial charge in [-0.25, -0.2) is 4.39 Å². The first-order valence-electron chi connectivity index (χ1n) is 7.45. The maximum Gasteiger partial charge on any atom is 0.251 e. The Morgan fingerprint density at radius 2 is 1.65 bits per heavy atom. The molecular formula is C18H19FN2O2. The molecule has 0 saturated carbocycles. The van der Waals surface area contributed by atoms with Gasteiger partial charge in [0, 0.05) is 24.2 Å². The van der Waals surface area contributed by atoms with Gasteiger partial charge in [-0.05, 0) is 49.7 Å². The molecule has 0 aliphatic carbocycles. The Hall–Kier alpha value is -2.69. The van der Waals surface area contributed by atoms with E-state index in [9.17, 15) is 14.0 Å². The van der Waals surface area contributed by atoms with Gasteiger partial charge in [-0.15, -0.1) is 0 Å². The molecular weight excluding hydrogens is 295 g/mol. The third-order valence-electron chi connectivity index (χ3n) is 3.31. The predicted molar refractivity (Wildman–Crippen MR) is 87.8 cm³/mol. The summed E-state index contributed by atoms with van der Waals surface area (Å²) < 4.78 is 12.8. The summed E-state index contributed by atoms with van der Waals surface area (Å²) in [4.78, 5) is 23.6. The highest BCUT2D eigenvalue weighted by Crippen LogP contribution is 2.09. The van der Waals surface area contributed by atoms with Gasteiger partial charge >= 0.3 is 0 Å². The van der Waals surface area contributed by atoms with E-state index in [0.717, 1.165) is 5.56 Å². The smallest absolute Gasteiger partial charge is 0.251 e. The highest BCUT2D eigenvalue weighted by atomic mass is 19.1. The molecule has 0 fully saturated rings. The van der Waals surface area contributed by atoms with Gasteiger partial charge in [0.05, 0.1) is 0 Å². The molecule has 0 radical (unpaired) electrons. The second-order valence-electron chi connectivity index (χ2n) is 5.28. The number of nitrogens with one attached hydrogen (secondary N) is 2. The van der Waals surface area contributed by atoms with E-state index in [1.165, 1.54) is 24.3 Å². The fraction of sp³-hybridized carbons (Fsp3) is 0.222. The highest BCUT2D eigenvalue weighted by Gasteiger charge is 2.06. The number of halogens is 1. The summed E-state index contributed by atoms with van der Waals surface area (Å²) in [7, 11) is 0. The van der Waals surface area contributed by atoms with Gasteiger partial charge in [0.15, 0.2) is 0 Å². The number of amides is 2. The minimum atomic E-state index is -0.346. The molecule has 0 aliphatic heterocycles. The number of aryl methyl sites for hydroxylation is 1. The van der Waals surface area contributed by atoms with Gasteiger partial charge in [0.1, 0.15) is 5.82 Å². The monoisotopic (exact) mass is 314 g/mol. The molecule has 23 heavy (non-hydrogen) atoms. The summed E-state index contributed by atoms with van der Waals surface area (Å²) in [5.41, 5.74) is 2.26. The lowest BCUT2D eigenvalue weighted by atomic mass is 10.1. The molecule has 0 bridgehead atoms. The first-order chi connectivity index (χ1) is 11.0. The van der Waals surface area contributed by atoms with E-state index in [1.807, 2.05) is 19.1 Å². The van der Waals surface area contributed by atoms with Crippen LogP contribution in [0.15, 0.2) is 48.5 Å². The normalized spacial score (nSPS) is 10.2. The lowest BCUT2D eigenvalue weighted by molar-refractivity contribution is -0.116. The van der Waals surface area contributed by atoms with Crippen LogP contribution >= 0.6 is 0 Å². The zero-order valence-corrected chi connectivity index (χ0v) is 12.9. The summed E-state index contributed by atoms with van der Waals surface area (Å²) >= 11 is 0. The number of carbonyl (C=O) groups excluding carboxylic acids is 2. The molecule has 2 amide bonds. The van der Waals surface area contributed by atoms with Crippen LogP contribution in [-0.2, 0) is 4.79 Å². The van der Waals surface area contributed by atoms with Crippen LogP contribution in [0.5, 0.6) is 0 Å². The molecule has 2 rings (SSSR count). The van der Waals surface area contributed by atoms with Crippen LogP contribution in [0.2, 0.25) is 0 Å². The Labute approximate surface area is 134 Å². The van der Waals surface area contributed by atoms with E-state index in [-0.39, 0.29) is 24.1 Å². The molecule has 2 aromatic carbocycles. The SMILES string of the molecule is Cc1ccc(C(=O)NCCCC(=O)Nc2ccc(F)cc2)cc1. The minimum Gasteiger partial charge on any atom is -0.352 e. The van der Waals surface area contributed by atoms with Crippen LogP contribution in [0.1, 0.15) is 28.8 Å². The van der Waals surface area contributed by atoms with Crippen molar-refractivity contribution < 1.29 is 14.0 Å². The van der Waals surface area contributed by atoms with Gasteiger partial charge in [0.2, 0.25) is 5.91 Å². The third kappa shape index (κ3) is 5.54. The van der Waals surface area contributed by atoms with Crippen LogP contribution in [0, 0.1) is 12.7 Å². The summed E-state index contributed by atoms with van der Waals surface area (Å²) in [5.74, 6) is -0.660. The first kappa shape index (κ1) is 16.7. The number of carbonyl (C=O) groups is 2. The lowest BCUT2D eigenvalue weighted by Gasteiger charge is -2.07. The van der Waals surface area contributed by atoms with Crippen molar-refractivity contribution in [2.75, 3.05) is 11.9 Å². The fourth-order valence-electron chi connectivity index (χ4n) is 2.01. The number of anilines is 1. The molecule has 0 spiro atoms. The van der Waals surface area contributed by atoms with E-state index in [2.05, 4.69) is 10.6 Å². The van der Waals surface area contributed by atoms with E-state index in [1.54, 1.807) is 12.1 Å². The minimum absolute atomic E-state index is 0.149. The van der Waals surface area contributed by atoms with Crippen LogP contribution in [-0.4, -0.2) is 18.4 Å². The Morgan fingerprint density at radius 3 is 2.30 bits per heavy atom. The average Bonchev–Trinajstić information content (AvgIpc) is 2.54. The maximum absolute atomic E-state index is 12.8. The molecule has 0 atom stereocenters. The average molecular weight is 314 g/mol. The summed E-state index contributed by atoms with van der Waals surface area (Å²) in [5, 5.41) is 5.45. The van der Waals surface area contributed by atoms with Gasteiger partial charge in [-0.2, -0.15) is 0 Å². The van der Waals surface area contributed by atoms with Crippen molar-refractivity contribution in [1.29, 1.82) is 0 Å². The topological polar surface area (TPSA) is 58.2 Å². The standard InChI is InChI=1S/C18H19FN2O2/c1-13-4-6-14(7-5-13)18(23)20-12-2-3-17(22)21-16-10-8-15(19)9-11-16/h4-11H,2-3,12H2,1H3,(H,20,23)(H,21,22). The molecule has 0 saturated heterocycles. The number of rotatable bonds is 6. The van der Waals surface area contributed by atoms with Gasteiger partial charge in [-0.1, -0.05) is 17.7 Å². The van der Waals surface area contributed by atoms with Gasteiger partial charge in [0.25, 0.3) is 5.91 Å². The van der Waals surface area contributed by atoms with Crippen molar-refractivity contribution in [2.45, 2.75) is 19.8 Å². The molecule has 0 unspecified atom stereocenters. The van der Waals surface area contributed by atoms with E-state index in [0.29, 0.717) is 24.2 Å². The molecule has 0 heterocycles. The third-order valence-corrected chi connectivity index (χ3v) is 3.31. The molecule has 4 nitrogen and oxygen atoms in total. The zero-order valence-electron chi connectivity index (χ0n) is 12.9. The maximum atomic E-state index is 12.8. The lowest BCUT2D eigenvalue weighted by Crippen LogP contribution is -2.25. The first-order valence-corrected chi connectivity index (χ1v) is 7.45. The molecule has 2 N–H and O–H groups in total. The molecule has 0 aromatic heterocycles. The van der Waals surface area contributed by atoms with Crippen LogP contribution < -0.4 is 10.6 Å². The van der Waals surface area contributed by atoms with Gasteiger partial charge < -0.3 is 10.6 Å².